The Bertz CT molecular complexity index is 286. The number of carbonyl (C=O) groups excluding carboxylic acids is 1. The van der Waals surface area contributed by atoms with Crippen molar-refractivity contribution in [3.63, 3.8) is 0 Å². The Hall–Kier alpha value is -0.380. The largest absolute Gasteiger partial charge is 0.343 e. The van der Waals surface area contributed by atoms with Crippen LogP contribution >= 0.6 is 7.60 Å². The first-order valence-corrected chi connectivity index (χ1v) is 8.20. The first-order valence-electron chi connectivity index (χ1n) is 6.47. The molecule has 0 aliphatic heterocycles. The standard InChI is InChI=1S/C12H26NO4P/c1-7-13(8-2)12(14)9-18(15,16-10(3)4)17-11(5)6/h10-11H,7-9H2,1-6H3. The van der Waals surface area contributed by atoms with E-state index in [0.29, 0.717) is 13.1 Å². The summed E-state index contributed by atoms with van der Waals surface area (Å²) in [4.78, 5) is 13.6. The molecule has 18 heavy (non-hydrogen) atoms. The highest BCUT2D eigenvalue weighted by molar-refractivity contribution is 7.54. The predicted octanol–water partition coefficient (Wildman–Crippen LogP) is 2.90. The number of hydrogen-bond donors (Lipinski definition) is 0. The molecule has 0 fully saturated rings. The van der Waals surface area contributed by atoms with E-state index in [-0.39, 0.29) is 24.3 Å². The van der Waals surface area contributed by atoms with E-state index < -0.39 is 7.60 Å². The number of amides is 1. The summed E-state index contributed by atoms with van der Waals surface area (Å²) in [6, 6.07) is 0. The first-order chi connectivity index (χ1) is 8.24. The summed E-state index contributed by atoms with van der Waals surface area (Å²) in [5.74, 6) is -0.190. The summed E-state index contributed by atoms with van der Waals surface area (Å²) in [7, 11) is -3.36. The lowest BCUT2D eigenvalue weighted by atomic mass is 10.5. The number of hydrogen-bond acceptors (Lipinski definition) is 4. The van der Waals surface area contributed by atoms with E-state index >= 15 is 0 Å². The third kappa shape index (κ3) is 6.53. The fraction of sp³-hybridized carbons (Fsp3) is 0.917. The molecule has 0 aromatic carbocycles. The molecule has 0 aliphatic rings. The average molecular weight is 279 g/mol. The molecule has 1 amide bonds. The Kier molecular flexibility index (Phi) is 7.76. The highest BCUT2D eigenvalue weighted by atomic mass is 31.2. The molecule has 0 aromatic heterocycles. The van der Waals surface area contributed by atoms with Crippen LogP contribution < -0.4 is 0 Å². The van der Waals surface area contributed by atoms with Gasteiger partial charge >= 0.3 is 7.60 Å². The summed E-state index contributed by atoms with van der Waals surface area (Å²) in [6.45, 7) is 12.1. The third-order valence-corrected chi connectivity index (χ3v) is 4.33. The highest BCUT2D eigenvalue weighted by Crippen LogP contribution is 2.50. The van der Waals surface area contributed by atoms with E-state index in [0.717, 1.165) is 0 Å². The van der Waals surface area contributed by atoms with Crippen LogP contribution in [-0.4, -0.2) is 42.3 Å². The summed E-state index contributed by atoms with van der Waals surface area (Å²) >= 11 is 0. The molecule has 0 saturated heterocycles. The number of carbonyl (C=O) groups is 1. The number of rotatable bonds is 8. The molecule has 0 unspecified atom stereocenters. The smallest absolute Gasteiger partial charge is 0.340 e. The van der Waals surface area contributed by atoms with Crippen molar-refractivity contribution in [2.24, 2.45) is 0 Å². The fourth-order valence-electron chi connectivity index (χ4n) is 1.58. The molecule has 6 heteroatoms. The van der Waals surface area contributed by atoms with Crippen molar-refractivity contribution < 1.29 is 18.4 Å². The van der Waals surface area contributed by atoms with Crippen molar-refractivity contribution in [3.8, 4) is 0 Å². The van der Waals surface area contributed by atoms with Crippen molar-refractivity contribution in [2.45, 2.75) is 53.8 Å². The lowest BCUT2D eigenvalue weighted by molar-refractivity contribution is -0.128. The first kappa shape index (κ1) is 17.6. The van der Waals surface area contributed by atoms with E-state index in [1.54, 1.807) is 32.6 Å². The van der Waals surface area contributed by atoms with Crippen LogP contribution in [0, 0.1) is 0 Å². The minimum Gasteiger partial charge on any atom is -0.343 e. The molecular formula is C12H26NO4P. The van der Waals surface area contributed by atoms with Crippen LogP contribution in [0.3, 0.4) is 0 Å². The van der Waals surface area contributed by atoms with Crippen molar-refractivity contribution in [3.05, 3.63) is 0 Å². The molecule has 0 bridgehead atoms. The predicted molar refractivity (Wildman–Crippen MR) is 72.8 cm³/mol. The third-order valence-electron chi connectivity index (χ3n) is 2.19. The summed E-state index contributed by atoms with van der Waals surface area (Å²) in [5.41, 5.74) is 0. The van der Waals surface area contributed by atoms with Gasteiger partial charge in [0.05, 0.1) is 12.2 Å². The topological polar surface area (TPSA) is 55.8 Å². The van der Waals surface area contributed by atoms with E-state index in [4.69, 9.17) is 9.05 Å². The van der Waals surface area contributed by atoms with Gasteiger partial charge in [-0.3, -0.25) is 9.36 Å². The molecule has 0 atom stereocenters. The molecule has 108 valence electrons. The Labute approximate surface area is 110 Å². The summed E-state index contributed by atoms with van der Waals surface area (Å²) in [6.07, 6.45) is -0.663. The summed E-state index contributed by atoms with van der Waals surface area (Å²) < 4.78 is 23.2. The molecule has 0 radical (unpaired) electrons. The summed E-state index contributed by atoms with van der Waals surface area (Å²) in [5, 5.41) is 0. The van der Waals surface area contributed by atoms with Gasteiger partial charge in [0.2, 0.25) is 5.91 Å². The van der Waals surface area contributed by atoms with Crippen LogP contribution in [0.15, 0.2) is 0 Å². The molecule has 0 spiro atoms. The zero-order chi connectivity index (χ0) is 14.3. The van der Waals surface area contributed by atoms with Gasteiger partial charge in [0.15, 0.2) is 0 Å². The van der Waals surface area contributed by atoms with E-state index in [9.17, 15) is 9.36 Å². The van der Waals surface area contributed by atoms with Gasteiger partial charge in [0, 0.05) is 13.1 Å². The Morgan fingerprint density at radius 2 is 1.44 bits per heavy atom. The fourth-order valence-corrected chi connectivity index (χ4v) is 3.60. The minimum absolute atomic E-state index is 0.189. The van der Waals surface area contributed by atoms with Gasteiger partial charge in [0.1, 0.15) is 6.16 Å². The Morgan fingerprint density at radius 3 is 1.72 bits per heavy atom. The van der Waals surface area contributed by atoms with Crippen molar-refractivity contribution in [1.29, 1.82) is 0 Å². The van der Waals surface area contributed by atoms with Gasteiger partial charge < -0.3 is 13.9 Å². The lowest BCUT2D eigenvalue weighted by Crippen LogP contribution is -2.33. The molecule has 0 aliphatic carbocycles. The van der Waals surface area contributed by atoms with Crippen LogP contribution in [0.2, 0.25) is 0 Å². The van der Waals surface area contributed by atoms with Crippen LogP contribution in [0.25, 0.3) is 0 Å². The molecule has 0 saturated carbocycles. The second kappa shape index (κ2) is 7.93. The Balaban J connectivity index is 4.78. The maximum absolute atomic E-state index is 12.5. The zero-order valence-corrected chi connectivity index (χ0v) is 13.2. The second-order valence-corrected chi connectivity index (χ2v) is 6.60. The molecule has 0 aromatic rings. The lowest BCUT2D eigenvalue weighted by Gasteiger charge is -2.25. The zero-order valence-electron chi connectivity index (χ0n) is 12.3. The van der Waals surface area contributed by atoms with Gasteiger partial charge in [0.25, 0.3) is 0 Å². The van der Waals surface area contributed by atoms with Crippen LogP contribution in [0.5, 0.6) is 0 Å². The van der Waals surface area contributed by atoms with Gasteiger partial charge in [-0.25, -0.2) is 0 Å². The normalized spacial score (nSPS) is 12.2. The van der Waals surface area contributed by atoms with Crippen LogP contribution in [0.1, 0.15) is 41.5 Å². The van der Waals surface area contributed by atoms with Crippen molar-refractivity contribution in [2.75, 3.05) is 19.3 Å². The monoisotopic (exact) mass is 279 g/mol. The van der Waals surface area contributed by atoms with E-state index in [1.165, 1.54) is 0 Å². The average Bonchev–Trinajstić information content (AvgIpc) is 2.15. The van der Waals surface area contributed by atoms with Crippen molar-refractivity contribution in [1.82, 2.24) is 4.90 Å². The van der Waals surface area contributed by atoms with Crippen molar-refractivity contribution >= 4 is 13.5 Å². The van der Waals surface area contributed by atoms with Gasteiger partial charge in [-0.05, 0) is 41.5 Å². The van der Waals surface area contributed by atoms with Gasteiger partial charge in [-0.2, -0.15) is 0 Å². The van der Waals surface area contributed by atoms with E-state index in [2.05, 4.69) is 0 Å². The second-order valence-electron chi connectivity index (χ2n) is 4.64. The maximum Gasteiger partial charge on any atom is 0.340 e. The van der Waals surface area contributed by atoms with Crippen LogP contribution in [-0.2, 0) is 18.4 Å². The quantitative estimate of drug-likeness (QED) is 0.641. The molecule has 0 rings (SSSR count). The molecular weight excluding hydrogens is 253 g/mol. The maximum atomic E-state index is 12.5. The number of nitrogens with zero attached hydrogens (tertiary/aromatic N) is 1. The molecule has 0 N–H and O–H groups in total. The van der Waals surface area contributed by atoms with E-state index in [1.807, 2.05) is 13.8 Å². The Morgan fingerprint density at radius 1 is 1.06 bits per heavy atom. The molecule has 0 heterocycles. The van der Waals surface area contributed by atoms with Crippen LogP contribution in [0.4, 0.5) is 0 Å². The van der Waals surface area contributed by atoms with Gasteiger partial charge in [-0.1, -0.05) is 0 Å². The highest BCUT2D eigenvalue weighted by Gasteiger charge is 2.32. The minimum atomic E-state index is -3.36. The molecule has 5 nitrogen and oxygen atoms in total. The van der Waals surface area contributed by atoms with Gasteiger partial charge in [-0.15, -0.1) is 0 Å². The SMILES string of the molecule is CCN(CC)C(=O)CP(=O)(OC(C)C)OC(C)C.